The minimum Gasteiger partial charge on any atom is -0.496 e. The summed E-state index contributed by atoms with van der Waals surface area (Å²) in [5.74, 6) is 0.121. The van der Waals surface area contributed by atoms with Gasteiger partial charge in [0.2, 0.25) is 0 Å². The number of anilines is 3. The van der Waals surface area contributed by atoms with Crippen LogP contribution in [0.2, 0.25) is 0 Å². The van der Waals surface area contributed by atoms with Gasteiger partial charge in [0.1, 0.15) is 11.4 Å². The van der Waals surface area contributed by atoms with Gasteiger partial charge in [-0.25, -0.2) is 4.90 Å². The number of hydrogen-bond donors (Lipinski definition) is 1. The van der Waals surface area contributed by atoms with Crippen LogP contribution < -0.4 is 19.9 Å². The summed E-state index contributed by atoms with van der Waals surface area (Å²) < 4.78 is 5.52. The maximum Gasteiger partial charge on any atom is 0.282 e. The van der Waals surface area contributed by atoms with E-state index in [-0.39, 0.29) is 11.3 Å². The molecule has 2 amide bonds. The van der Waals surface area contributed by atoms with Gasteiger partial charge in [-0.15, -0.1) is 0 Å². The Bertz CT molecular complexity index is 1240. The Morgan fingerprint density at radius 1 is 0.853 bits per heavy atom. The zero-order valence-corrected chi connectivity index (χ0v) is 20.1. The monoisotopic (exact) mass is 455 g/mol. The Kier molecular flexibility index (Phi) is 6.41. The lowest BCUT2D eigenvalue weighted by Gasteiger charge is -2.18. The van der Waals surface area contributed by atoms with Gasteiger partial charge in [-0.1, -0.05) is 44.2 Å². The molecule has 0 radical (unpaired) electrons. The van der Waals surface area contributed by atoms with Crippen LogP contribution in [0.15, 0.2) is 78.5 Å². The summed E-state index contributed by atoms with van der Waals surface area (Å²) in [4.78, 5) is 30.5. The molecule has 1 aliphatic rings. The lowest BCUT2D eigenvalue weighted by molar-refractivity contribution is -0.120. The molecule has 0 fully saturated rings. The number of amides is 2. The standard InChI is InChI=1S/C28H29N3O3/c1-18(2)19-10-12-20(13-11-19)29-26-25(23-8-6-7-9-24(23)34-5)27(32)31(28(26)33)22-16-14-21(15-17-22)30(3)4/h6-18,29H,1-5H3. The van der Waals surface area contributed by atoms with E-state index in [1.807, 2.05) is 67.5 Å². The topological polar surface area (TPSA) is 61.9 Å². The molecule has 4 rings (SSSR count). The number of benzene rings is 3. The molecule has 3 aromatic rings. The summed E-state index contributed by atoms with van der Waals surface area (Å²) in [6.45, 7) is 4.26. The van der Waals surface area contributed by atoms with Crippen molar-refractivity contribution in [2.24, 2.45) is 0 Å². The van der Waals surface area contributed by atoms with E-state index in [0.29, 0.717) is 22.9 Å². The SMILES string of the molecule is COc1ccccc1C1=C(Nc2ccc(C(C)C)cc2)C(=O)N(c2ccc(N(C)C)cc2)C1=O. The van der Waals surface area contributed by atoms with Gasteiger partial charge in [0.15, 0.2) is 0 Å². The van der Waals surface area contributed by atoms with Gasteiger partial charge >= 0.3 is 0 Å². The molecule has 0 atom stereocenters. The number of nitrogens with one attached hydrogen (secondary N) is 1. The highest BCUT2D eigenvalue weighted by Crippen LogP contribution is 2.37. The van der Waals surface area contributed by atoms with Gasteiger partial charge in [0.05, 0.1) is 18.4 Å². The third-order valence-electron chi connectivity index (χ3n) is 5.93. The number of carbonyl (C=O) groups excluding carboxylic acids is 2. The van der Waals surface area contributed by atoms with Crippen LogP contribution in [0.25, 0.3) is 5.57 Å². The molecular weight excluding hydrogens is 426 g/mol. The Hall–Kier alpha value is -4.06. The Morgan fingerprint density at radius 3 is 2.09 bits per heavy atom. The third kappa shape index (κ3) is 4.27. The maximum atomic E-state index is 13.7. The Morgan fingerprint density at radius 2 is 1.50 bits per heavy atom. The van der Waals surface area contributed by atoms with Gasteiger partial charge in [-0.05, 0) is 53.9 Å². The Balaban J connectivity index is 1.79. The van der Waals surface area contributed by atoms with Gasteiger partial charge in [0, 0.05) is 31.0 Å². The average molecular weight is 456 g/mol. The predicted molar refractivity (Wildman–Crippen MR) is 137 cm³/mol. The van der Waals surface area contributed by atoms with Gasteiger partial charge in [-0.3, -0.25) is 9.59 Å². The van der Waals surface area contributed by atoms with Crippen molar-refractivity contribution in [2.75, 3.05) is 36.3 Å². The van der Waals surface area contributed by atoms with Crippen LogP contribution in [0.3, 0.4) is 0 Å². The van der Waals surface area contributed by atoms with Crippen LogP contribution in [0, 0.1) is 0 Å². The van der Waals surface area contributed by atoms with Crippen LogP contribution in [0.5, 0.6) is 5.75 Å². The van der Waals surface area contributed by atoms with Crippen molar-refractivity contribution < 1.29 is 14.3 Å². The second-order valence-electron chi connectivity index (χ2n) is 8.71. The number of rotatable bonds is 7. The smallest absolute Gasteiger partial charge is 0.282 e. The lowest BCUT2D eigenvalue weighted by atomic mass is 10.0. The van der Waals surface area contributed by atoms with Crippen molar-refractivity contribution in [3.8, 4) is 5.75 Å². The van der Waals surface area contributed by atoms with Crippen LogP contribution in [-0.2, 0) is 9.59 Å². The quantitative estimate of drug-likeness (QED) is 0.491. The number of nitrogens with zero attached hydrogens (tertiary/aromatic N) is 2. The van der Waals surface area contributed by atoms with Crippen molar-refractivity contribution in [3.63, 3.8) is 0 Å². The molecule has 0 aliphatic carbocycles. The molecule has 3 aromatic carbocycles. The van der Waals surface area contributed by atoms with Crippen molar-refractivity contribution in [1.29, 1.82) is 0 Å². The van der Waals surface area contributed by atoms with Crippen molar-refractivity contribution >= 4 is 34.4 Å². The number of para-hydroxylation sites is 1. The van der Waals surface area contributed by atoms with E-state index in [1.54, 1.807) is 31.4 Å². The number of imide groups is 1. The van der Waals surface area contributed by atoms with Crippen LogP contribution in [-0.4, -0.2) is 33.0 Å². The highest BCUT2D eigenvalue weighted by molar-refractivity contribution is 6.46. The number of carbonyl (C=O) groups is 2. The zero-order chi connectivity index (χ0) is 24.4. The highest BCUT2D eigenvalue weighted by atomic mass is 16.5. The molecule has 34 heavy (non-hydrogen) atoms. The molecule has 0 saturated heterocycles. The molecule has 174 valence electrons. The number of ether oxygens (including phenoxy) is 1. The molecular formula is C28H29N3O3. The fourth-order valence-electron chi connectivity index (χ4n) is 3.98. The second-order valence-corrected chi connectivity index (χ2v) is 8.71. The first kappa shape index (κ1) is 23.1. The molecule has 1 aliphatic heterocycles. The summed E-state index contributed by atoms with van der Waals surface area (Å²) in [6, 6.07) is 22.5. The van der Waals surface area contributed by atoms with Gasteiger partial charge in [-0.2, -0.15) is 0 Å². The summed E-state index contributed by atoms with van der Waals surface area (Å²) in [5.41, 5.74) is 4.50. The summed E-state index contributed by atoms with van der Waals surface area (Å²) in [6.07, 6.45) is 0. The second kappa shape index (κ2) is 9.43. The van der Waals surface area contributed by atoms with Crippen LogP contribution in [0.1, 0.15) is 30.9 Å². The number of hydrogen-bond acceptors (Lipinski definition) is 5. The summed E-state index contributed by atoms with van der Waals surface area (Å²) in [7, 11) is 5.43. The predicted octanol–water partition coefficient (Wildman–Crippen LogP) is 5.28. The molecule has 6 heteroatoms. The molecule has 0 unspecified atom stereocenters. The normalized spacial score (nSPS) is 13.6. The fourth-order valence-corrected chi connectivity index (χ4v) is 3.98. The first-order chi connectivity index (χ1) is 16.3. The fraction of sp³-hybridized carbons (Fsp3) is 0.214. The van der Waals surface area contributed by atoms with Crippen molar-refractivity contribution in [3.05, 3.63) is 89.6 Å². The number of methoxy groups -OCH3 is 1. The van der Waals surface area contributed by atoms with Crippen molar-refractivity contribution in [2.45, 2.75) is 19.8 Å². The van der Waals surface area contributed by atoms with E-state index >= 15 is 0 Å². The van der Waals surface area contributed by atoms with E-state index in [9.17, 15) is 9.59 Å². The van der Waals surface area contributed by atoms with Crippen LogP contribution in [0.4, 0.5) is 17.1 Å². The van der Waals surface area contributed by atoms with E-state index in [0.717, 1.165) is 11.4 Å². The van der Waals surface area contributed by atoms with E-state index in [4.69, 9.17) is 4.74 Å². The van der Waals surface area contributed by atoms with E-state index in [1.165, 1.54) is 10.5 Å². The highest BCUT2D eigenvalue weighted by Gasteiger charge is 2.41. The first-order valence-corrected chi connectivity index (χ1v) is 11.2. The van der Waals surface area contributed by atoms with Crippen molar-refractivity contribution in [1.82, 2.24) is 0 Å². The largest absolute Gasteiger partial charge is 0.496 e. The molecule has 0 bridgehead atoms. The molecule has 0 saturated carbocycles. The molecule has 0 spiro atoms. The minimum atomic E-state index is -0.406. The molecule has 6 nitrogen and oxygen atoms in total. The lowest BCUT2D eigenvalue weighted by Crippen LogP contribution is -2.32. The van der Waals surface area contributed by atoms with E-state index < -0.39 is 11.8 Å². The maximum absolute atomic E-state index is 13.7. The summed E-state index contributed by atoms with van der Waals surface area (Å²) >= 11 is 0. The first-order valence-electron chi connectivity index (χ1n) is 11.2. The van der Waals surface area contributed by atoms with Gasteiger partial charge in [0.25, 0.3) is 11.8 Å². The zero-order valence-electron chi connectivity index (χ0n) is 20.1. The molecule has 1 heterocycles. The molecule has 0 aromatic heterocycles. The molecule has 1 N–H and O–H groups in total. The Labute approximate surface area is 200 Å². The van der Waals surface area contributed by atoms with E-state index in [2.05, 4.69) is 19.2 Å². The third-order valence-corrected chi connectivity index (χ3v) is 5.93. The summed E-state index contributed by atoms with van der Waals surface area (Å²) in [5, 5.41) is 3.22. The van der Waals surface area contributed by atoms with Gasteiger partial charge < -0.3 is 15.0 Å². The minimum absolute atomic E-state index is 0.225. The van der Waals surface area contributed by atoms with Crippen LogP contribution >= 0.6 is 0 Å². The average Bonchev–Trinajstić information content (AvgIpc) is 3.08.